The first-order valence-electron chi connectivity index (χ1n) is 8.66. The zero-order valence-electron chi connectivity index (χ0n) is 15.5. The lowest BCUT2D eigenvalue weighted by molar-refractivity contribution is -0.115. The number of amides is 3. The van der Waals surface area contributed by atoms with Gasteiger partial charge >= 0.3 is 6.03 Å². The minimum atomic E-state index is -0.527. The molecule has 0 aliphatic carbocycles. The number of nitrogens with one attached hydrogen (secondary N) is 1. The Bertz CT molecular complexity index is 907. The molecule has 1 heterocycles. The second-order valence-corrected chi connectivity index (χ2v) is 7.62. The van der Waals surface area contributed by atoms with E-state index in [2.05, 4.69) is 24.2 Å². The molecule has 0 bridgehead atoms. The normalized spacial score (nSPS) is 15.6. The van der Waals surface area contributed by atoms with Crippen LogP contribution in [0.1, 0.15) is 30.9 Å². The summed E-state index contributed by atoms with van der Waals surface area (Å²) in [6, 6.07) is 12.3. The molecule has 1 saturated heterocycles. The van der Waals surface area contributed by atoms with Crippen LogP contribution in [0.3, 0.4) is 0 Å². The molecule has 1 aliphatic rings. The van der Waals surface area contributed by atoms with E-state index in [0.717, 1.165) is 16.8 Å². The van der Waals surface area contributed by atoms with Crippen LogP contribution in [0.25, 0.3) is 0 Å². The fourth-order valence-electron chi connectivity index (χ4n) is 2.82. The fourth-order valence-corrected chi connectivity index (χ4v) is 3.68. The number of anilines is 3. The van der Waals surface area contributed by atoms with Gasteiger partial charge in [0.25, 0.3) is 0 Å². The van der Waals surface area contributed by atoms with Crippen LogP contribution in [-0.4, -0.2) is 22.9 Å². The summed E-state index contributed by atoms with van der Waals surface area (Å²) in [5.74, 6) is 0.426. The number of carbonyl (C=O) groups is 2. The third-order valence-corrected chi connectivity index (χ3v) is 5.10. The van der Waals surface area contributed by atoms with E-state index < -0.39 is 6.03 Å². The third-order valence-electron chi connectivity index (χ3n) is 4.17. The van der Waals surface area contributed by atoms with Crippen LogP contribution < -0.4 is 16.0 Å². The Labute approximate surface area is 162 Å². The van der Waals surface area contributed by atoms with E-state index in [1.807, 2.05) is 25.1 Å². The number of amidine groups is 1. The Balaban J connectivity index is 1.90. The van der Waals surface area contributed by atoms with Crippen LogP contribution in [0.5, 0.6) is 0 Å². The lowest BCUT2D eigenvalue weighted by Gasteiger charge is -2.22. The Morgan fingerprint density at radius 3 is 2.59 bits per heavy atom. The van der Waals surface area contributed by atoms with E-state index in [-0.39, 0.29) is 17.6 Å². The molecule has 2 aromatic carbocycles. The van der Waals surface area contributed by atoms with Crippen molar-refractivity contribution in [2.24, 2.45) is 4.99 Å². The average Bonchev–Trinajstić information content (AvgIpc) is 2.96. The van der Waals surface area contributed by atoms with Gasteiger partial charge in [0.2, 0.25) is 5.91 Å². The smallest absolute Gasteiger partial charge is 0.347 e. The molecule has 140 valence electrons. The van der Waals surface area contributed by atoms with E-state index in [4.69, 9.17) is 5.73 Å². The lowest BCUT2D eigenvalue weighted by atomic mass is 9.99. The van der Waals surface area contributed by atoms with Gasteiger partial charge in [-0.05, 0) is 54.3 Å². The maximum absolute atomic E-state index is 12.5. The van der Waals surface area contributed by atoms with Gasteiger partial charge in [-0.3, -0.25) is 9.69 Å². The molecule has 0 aromatic heterocycles. The Kier molecular flexibility index (Phi) is 5.51. The molecular weight excluding hydrogens is 360 g/mol. The molecule has 2 aromatic rings. The molecule has 3 N–H and O–H groups in total. The minimum Gasteiger partial charge on any atom is -0.399 e. The van der Waals surface area contributed by atoms with Crippen LogP contribution in [0.4, 0.5) is 21.9 Å². The first-order valence-corrected chi connectivity index (χ1v) is 9.65. The van der Waals surface area contributed by atoms with Gasteiger partial charge in [0.05, 0.1) is 11.4 Å². The van der Waals surface area contributed by atoms with Crippen LogP contribution in [-0.2, 0) is 4.79 Å². The molecule has 3 amide bonds. The standard InChI is InChI=1S/C20H22N4O2S/c1-12(2)16-9-4-13(3)10-17(16)24-18(25)11-27-20(24)23-19(26)22-15-7-5-14(21)6-8-15/h4-10,12H,11,21H2,1-3H3,(H,22,26). The van der Waals surface area contributed by atoms with Crippen molar-refractivity contribution >= 4 is 45.9 Å². The molecule has 0 saturated carbocycles. The molecule has 0 atom stereocenters. The second-order valence-electron chi connectivity index (χ2n) is 6.68. The number of thioether (sulfide) groups is 1. The molecule has 0 radical (unpaired) electrons. The highest BCUT2D eigenvalue weighted by atomic mass is 32.2. The largest absolute Gasteiger partial charge is 0.399 e. The average molecular weight is 382 g/mol. The SMILES string of the molecule is Cc1ccc(C(C)C)c(N2C(=O)CSC2=NC(=O)Nc2ccc(N)cc2)c1. The van der Waals surface area contributed by atoms with E-state index in [1.165, 1.54) is 11.8 Å². The summed E-state index contributed by atoms with van der Waals surface area (Å²) >= 11 is 1.27. The molecular formula is C20H22N4O2S. The molecule has 7 heteroatoms. The Hall–Kier alpha value is -2.80. The van der Waals surface area contributed by atoms with Crippen LogP contribution >= 0.6 is 11.8 Å². The summed E-state index contributed by atoms with van der Waals surface area (Å²) in [6.45, 7) is 6.13. The summed E-state index contributed by atoms with van der Waals surface area (Å²) in [4.78, 5) is 30.6. The highest BCUT2D eigenvalue weighted by Gasteiger charge is 2.32. The van der Waals surface area contributed by atoms with Crippen molar-refractivity contribution in [1.82, 2.24) is 0 Å². The van der Waals surface area contributed by atoms with Crippen molar-refractivity contribution in [2.45, 2.75) is 26.7 Å². The predicted octanol–water partition coefficient (Wildman–Crippen LogP) is 4.37. The minimum absolute atomic E-state index is 0.0773. The lowest BCUT2D eigenvalue weighted by Crippen LogP contribution is -2.31. The Morgan fingerprint density at radius 2 is 1.93 bits per heavy atom. The molecule has 0 spiro atoms. The van der Waals surface area contributed by atoms with Gasteiger partial charge in [-0.15, -0.1) is 0 Å². The summed E-state index contributed by atoms with van der Waals surface area (Å²) in [6.07, 6.45) is 0. The monoisotopic (exact) mass is 382 g/mol. The molecule has 6 nitrogen and oxygen atoms in total. The van der Waals surface area contributed by atoms with Gasteiger partial charge in [0.15, 0.2) is 5.17 Å². The fraction of sp³-hybridized carbons (Fsp3) is 0.250. The maximum Gasteiger partial charge on any atom is 0.347 e. The van der Waals surface area contributed by atoms with Gasteiger partial charge in [-0.2, -0.15) is 4.99 Å². The number of nitrogens with two attached hydrogens (primary N) is 1. The van der Waals surface area contributed by atoms with E-state index in [0.29, 0.717) is 16.5 Å². The number of nitrogens with zero attached hydrogens (tertiary/aromatic N) is 2. The predicted molar refractivity (Wildman–Crippen MR) is 113 cm³/mol. The van der Waals surface area contributed by atoms with Gasteiger partial charge < -0.3 is 11.1 Å². The number of benzene rings is 2. The zero-order valence-corrected chi connectivity index (χ0v) is 16.3. The van der Waals surface area contributed by atoms with Crippen molar-refractivity contribution in [3.8, 4) is 0 Å². The molecule has 27 heavy (non-hydrogen) atoms. The molecule has 1 aliphatic heterocycles. The van der Waals surface area contributed by atoms with Crippen molar-refractivity contribution < 1.29 is 9.59 Å². The summed E-state index contributed by atoms with van der Waals surface area (Å²) in [7, 11) is 0. The van der Waals surface area contributed by atoms with E-state index in [1.54, 1.807) is 29.2 Å². The molecule has 3 rings (SSSR count). The molecule has 0 unspecified atom stereocenters. The number of aliphatic imine (C=N–C) groups is 1. The number of aryl methyl sites for hydroxylation is 1. The quantitative estimate of drug-likeness (QED) is 0.772. The van der Waals surface area contributed by atoms with Crippen molar-refractivity contribution in [2.75, 3.05) is 21.7 Å². The number of nitrogen functional groups attached to an aromatic ring is 1. The number of carbonyl (C=O) groups excluding carboxylic acids is 2. The Morgan fingerprint density at radius 1 is 1.22 bits per heavy atom. The van der Waals surface area contributed by atoms with Crippen LogP contribution in [0.2, 0.25) is 0 Å². The second kappa shape index (κ2) is 7.84. The number of rotatable bonds is 3. The van der Waals surface area contributed by atoms with E-state index >= 15 is 0 Å². The zero-order chi connectivity index (χ0) is 19.6. The summed E-state index contributed by atoms with van der Waals surface area (Å²) in [5, 5.41) is 3.09. The van der Waals surface area contributed by atoms with E-state index in [9.17, 15) is 9.59 Å². The van der Waals surface area contributed by atoms with Gasteiger partial charge in [-0.25, -0.2) is 4.79 Å². The number of hydrogen-bond acceptors (Lipinski definition) is 4. The first kappa shape index (κ1) is 19.0. The summed E-state index contributed by atoms with van der Waals surface area (Å²) < 4.78 is 0. The maximum atomic E-state index is 12.5. The van der Waals surface area contributed by atoms with Crippen molar-refractivity contribution in [3.05, 3.63) is 53.6 Å². The topological polar surface area (TPSA) is 87.8 Å². The van der Waals surface area contributed by atoms with Crippen LogP contribution in [0.15, 0.2) is 47.5 Å². The highest BCUT2D eigenvalue weighted by Crippen LogP contribution is 2.34. The third kappa shape index (κ3) is 4.31. The van der Waals surface area contributed by atoms with Gasteiger partial charge in [0.1, 0.15) is 0 Å². The number of hydrogen-bond donors (Lipinski definition) is 2. The number of urea groups is 1. The van der Waals surface area contributed by atoms with Crippen LogP contribution in [0, 0.1) is 6.92 Å². The molecule has 1 fully saturated rings. The van der Waals surface area contributed by atoms with Gasteiger partial charge in [0, 0.05) is 11.4 Å². The summed E-state index contributed by atoms with van der Waals surface area (Å²) in [5.41, 5.74) is 9.74. The highest BCUT2D eigenvalue weighted by molar-refractivity contribution is 8.15. The van der Waals surface area contributed by atoms with Crippen molar-refractivity contribution in [1.29, 1.82) is 0 Å². The van der Waals surface area contributed by atoms with Gasteiger partial charge in [-0.1, -0.05) is 37.7 Å². The van der Waals surface area contributed by atoms with Crippen molar-refractivity contribution in [3.63, 3.8) is 0 Å². The first-order chi connectivity index (χ1) is 12.8.